The first-order valence-corrected chi connectivity index (χ1v) is 6.18. The van der Waals surface area contributed by atoms with Gasteiger partial charge in [-0.15, -0.1) is 0 Å². The summed E-state index contributed by atoms with van der Waals surface area (Å²) in [4.78, 5) is 8.13. The van der Waals surface area contributed by atoms with E-state index in [2.05, 4.69) is 41.8 Å². The Bertz CT molecular complexity index is 548. The van der Waals surface area contributed by atoms with E-state index < -0.39 is 0 Å². The van der Waals surface area contributed by atoms with E-state index in [0.29, 0.717) is 25.5 Å². The van der Waals surface area contributed by atoms with Gasteiger partial charge in [0, 0.05) is 16.2 Å². The lowest BCUT2D eigenvalue weighted by molar-refractivity contribution is 0.628. The first-order valence-electron chi connectivity index (χ1n) is 4.21. The Balaban J connectivity index is 2.58. The van der Waals surface area contributed by atoms with Gasteiger partial charge in [-0.3, -0.25) is 0 Å². The number of hydrogen-bond acceptors (Lipinski definition) is 2. The molecule has 0 unspecified atom stereocenters. The summed E-state index contributed by atoms with van der Waals surface area (Å²) in [5.41, 5.74) is 0.564. The molecule has 0 aliphatic heterocycles. The number of rotatable bonds is 1. The molecule has 1 heterocycles. The zero-order valence-electron chi connectivity index (χ0n) is 7.72. The van der Waals surface area contributed by atoms with Crippen LogP contribution in [-0.2, 0) is 0 Å². The lowest BCUT2D eigenvalue weighted by Crippen LogP contribution is -1.91. The van der Waals surface area contributed by atoms with E-state index in [4.69, 9.17) is 11.6 Å². The Morgan fingerprint density at radius 2 is 1.94 bits per heavy atom. The van der Waals surface area contributed by atoms with Crippen molar-refractivity contribution in [1.82, 2.24) is 9.97 Å². The van der Waals surface area contributed by atoms with Crippen LogP contribution in [0.25, 0.3) is 11.4 Å². The molecule has 0 saturated carbocycles. The van der Waals surface area contributed by atoms with E-state index in [1.54, 1.807) is 6.07 Å². The highest BCUT2D eigenvalue weighted by Crippen LogP contribution is 2.28. The minimum Gasteiger partial charge on any atom is -0.235 e. The molecule has 0 N–H and O–H groups in total. The van der Waals surface area contributed by atoms with E-state index >= 15 is 0 Å². The topological polar surface area (TPSA) is 25.8 Å². The number of halogens is 4. The molecule has 2 nitrogen and oxygen atoms in total. The van der Waals surface area contributed by atoms with Crippen molar-refractivity contribution in [3.05, 3.63) is 44.3 Å². The van der Waals surface area contributed by atoms with Crippen LogP contribution in [0.1, 0.15) is 0 Å². The quantitative estimate of drug-likeness (QED) is 0.697. The maximum absolute atomic E-state index is 13.1. The van der Waals surface area contributed by atoms with Crippen molar-refractivity contribution in [2.24, 2.45) is 0 Å². The summed E-state index contributed by atoms with van der Waals surface area (Å²) < 4.78 is 14.4. The molecule has 0 atom stereocenters. The highest BCUT2D eigenvalue weighted by Gasteiger charge is 2.09. The lowest BCUT2D eigenvalue weighted by Gasteiger charge is -2.04. The second-order valence-electron chi connectivity index (χ2n) is 2.96. The molecule has 2 aromatic rings. The fourth-order valence-electron chi connectivity index (χ4n) is 1.14. The third-order valence-electron chi connectivity index (χ3n) is 1.87. The van der Waals surface area contributed by atoms with Crippen LogP contribution in [0.3, 0.4) is 0 Å². The minimum absolute atomic E-state index is 0.293. The Hall–Kier alpha value is -0.520. The maximum atomic E-state index is 13.1. The zero-order chi connectivity index (χ0) is 11.7. The molecule has 16 heavy (non-hydrogen) atoms. The largest absolute Gasteiger partial charge is 0.235 e. The van der Waals surface area contributed by atoms with Gasteiger partial charge < -0.3 is 0 Å². The van der Waals surface area contributed by atoms with Crippen LogP contribution in [0.4, 0.5) is 4.39 Å². The van der Waals surface area contributed by atoms with Gasteiger partial charge in [0.1, 0.15) is 11.0 Å². The van der Waals surface area contributed by atoms with E-state index in [9.17, 15) is 4.39 Å². The van der Waals surface area contributed by atoms with Crippen LogP contribution in [0.2, 0.25) is 5.15 Å². The standard InChI is InChI=1S/C10H4Br2ClFN2/c11-7-2-1-5(14)3-6(7)10-15-4-8(12)9(13)16-10/h1-4H. The van der Waals surface area contributed by atoms with Gasteiger partial charge in [0.25, 0.3) is 0 Å². The lowest BCUT2D eigenvalue weighted by atomic mass is 10.2. The highest BCUT2D eigenvalue weighted by atomic mass is 79.9. The van der Waals surface area contributed by atoms with E-state index in [-0.39, 0.29) is 5.82 Å². The van der Waals surface area contributed by atoms with Crippen molar-refractivity contribution < 1.29 is 4.39 Å². The Kier molecular flexibility index (Phi) is 3.56. The monoisotopic (exact) mass is 364 g/mol. The number of nitrogens with zero attached hydrogens (tertiary/aromatic N) is 2. The normalized spacial score (nSPS) is 10.5. The predicted molar refractivity (Wildman–Crippen MR) is 67.8 cm³/mol. The number of benzene rings is 1. The van der Waals surface area contributed by atoms with Gasteiger partial charge >= 0.3 is 0 Å². The zero-order valence-corrected chi connectivity index (χ0v) is 11.6. The van der Waals surface area contributed by atoms with Crippen LogP contribution >= 0.6 is 43.5 Å². The molecule has 82 valence electrons. The summed E-state index contributed by atoms with van der Waals surface area (Å²) in [6.07, 6.45) is 1.53. The third-order valence-corrected chi connectivity index (χ3v) is 3.66. The van der Waals surface area contributed by atoms with Crippen LogP contribution in [0.5, 0.6) is 0 Å². The third kappa shape index (κ3) is 2.42. The van der Waals surface area contributed by atoms with Crippen LogP contribution in [0, 0.1) is 5.82 Å². The van der Waals surface area contributed by atoms with Gasteiger partial charge in [-0.2, -0.15) is 0 Å². The van der Waals surface area contributed by atoms with Crippen LogP contribution in [-0.4, -0.2) is 9.97 Å². The fourth-order valence-corrected chi connectivity index (χ4v) is 1.89. The molecule has 6 heteroatoms. The number of aromatic nitrogens is 2. The fraction of sp³-hybridized carbons (Fsp3) is 0. The molecule has 1 aromatic carbocycles. The summed E-state index contributed by atoms with van der Waals surface area (Å²) in [5, 5.41) is 0.293. The summed E-state index contributed by atoms with van der Waals surface area (Å²) in [7, 11) is 0. The van der Waals surface area contributed by atoms with Gasteiger partial charge in [-0.05, 0) is 34.1 Å². The highest BCUT2D eigenvalue weighted by molar-refractivity contribution is 9.11. The Morgan fingerprint density at radius 1 is 1.19 bits per heavy atom. The summed E-state index contributed by atoms with van der Waals surface area (Å²) >= 11 is 12.3. The van der Waals surface area contributed by atoms with Crippen molar-refractivity contribution in [2.75, 3.05) is 0 Å². The summed E-state index contributed by atoms with van der Waals surface area (Å²) in [5.74, 6) is 0.0282. The van der Waals surface area contributed by atoms with Gasteiger partial charge in [0.05, 0.1) is 4.47 Å². The molecule has 2 rings (SSSR count). The molecule has 1 aromatic heterocycles. The van der Waals surface area contributed by atoms with Crippen LogP contribution in [0.15, 0.2) is 33.3 Å². The summed E-state index contributed by atoms with van der Waals surface area (Å²) in [6, 6.07) is 4.31. The maximum Gasteiger partial charge on any atom is 0.162 e. The van der Waals surface area contributed by atoms with Crippen molar-refractivity contribution in [3.63, 3.8) is 0 Å². The molecule has 0 radical (unpaired) electrons. The average Bonchev–Trinajstić information content (AvgIpc) is 2.26. The SMILES string of the molecule is Fc1ccc(Br)c(-c2ncc(Br)c(Cl)n2)c1. The molecular weight excluding hydrogens is 362 g/mol. The summed E-state index contributed by atoms with van der Waals surface area (Å²) in [6.45, 7) is 0. The number of hydrogen-bond donors (Lipinski definition) is 0. The van der Waals surface area contributed by atoms with E-state index in [0.717, 1.165) is 0 Å². The molecule has 0 amide bonds. The van der Waals surface area contributed by atoms with Crippen molar-refractivity contribution in [2.45, 2.75) is 0 Å². The molecule has 0 spiro atoms. The second kappa shape index (κ2) is 4.77. The van der Waals surface area contributed by atoms with Crippen molar-refractivity contribution in [3.8, 4) is 11.4 Å². The molecule has 0 aliphatic carbocycles. The Labute approximate surface area is 113 Å². The molecular formula is C10H4Br2ClFN2. The van der Waals surface area contributed by atoms with Gasteiger partial charge in [-0.1, -0.05) is 27.5 Å². The second-order valence-corrected chi connectivity index (χ2v) is 5.02. The van der Waals surface area contributed by atoms with E-state index in [1.165, 1.54) is 18.3 Å². The van der Waals surface area contributed by atoms with Crippen LogP contribution < -0.4 is 0 Å². The molecule has 0 saturated heterocycles. The van der Waals surface area contributed by atoms with Crippen molar-refractivity contribution >= 4 is 43.5 Å². The van der Waals surface area contributed by atoms with E-state index in [1.807, 2.05) is 0 Å². The smallest absolute Gasteiger partial charge is 0.162 e. The molecule has 0 bridgehead atoms. The van der Waals surface area contributed by atoms with Gasteiger partial charge in [0.15, 0.2) is 5.82 Å². The molecule has 0 aliphatic rings. The van der Waals surface area contributed by atoms with Crippen molar-refractivity contribution in [1.29, 1.82) is 0 Å². The Morgan fingerprint density at radius 3 is 2.62 bits per heavy atom. The first-order chi connectivity index (χ1) is 7.58. The first kappa shape index (κ1) is 12.0. The predicted octanol–water partition coefficient (Wildman–Crippen LogP) is 4.46. The minimum atomic E-state index is -0.346. The van der Waals surface area contributed by atoms with Gasteiger partial charge in [0.2, 0.25) is 0 Å². The average molecular weight is 366 g/mol. The molecule has 0 fully saturated rings. The van der Waals surface area contributed by atoms with Gasteiger partial charge in [-0.25, -0.2) is 14.4 Å².